The Hall–Kier alpha value is -0.0800. The molecule has 0 saturated heterocycles. The van der Waals surface area contributed by atoms with E-state index in [1.54, 1.807) is 7.11 Å². The second kappa shape index (κ2) is 3.94. The minimum absolute atomic E-state index is 0.581. The molecule has 0 heterocycles. The Morgan fingerprint density at radius 2 is 2.30 bits per heavy atom. The number of nitrogens with one attached hydrogen (secondary N) is 1. The summed E-state index contributed by atoms with van der Waals surface area (Å²) >= 11 is 0. The zero-order chi connectivity index (χ0) is 7.40. The van der Waals surface area contributed by atoms with E-state index in [0.717, 1.165) is 12.6 Å². The van der Waals surface area contributed by atoms with E-state index in [0.29, 0.717) is 6.04 Å². The quantitative estimate of drug-likeness (QED) is 0.623. The molecule has 0 aliphatic heterocycles. The van der Waals surface area contributed by atoms with Crippen LogP contribution in [0, 0.1) is 0 Å². The summed E-state index contributed by atoms with van der Waals surface area (Å²) in [5.74, 6) is 0. The summed E-state index contributed by atoms with van der Waals surface area (Å²) in [4.78, 5) is 0. The first-order valence-electron chi connectivity index (χ1n) is 4.11. The van der Waals surface area contributed by atoms with Gasteiger partial charge in [0.2, 0.25) is 0 Å². The van der Waals surface area contributed by atoms with E-state index in [-0.39, 0.29) is 0 Å². The summed E-state index contributed by atoms with van der Waals surface area (Å²) in [7, 11) is 1.76. The Labute approximate surface area is 63.0 Å². The molecule has 1 atom stereocenters. The fraction of sp³-hybridized carbons (Fsp3) is 1.00. The first-order chi connectivity index (χ1) is 4.86. The lowest BCUT2D eigenvalue weighted by molar-refractivity contribution is 0.163. The van der Waals surface area contributed by atoms with Crippen molar-refractivity contribution >= 4 is 0 Å². The van der Waals surface area contributed by atoms with Crippen LogP contribution in [0.3, 0.4) is 0 Å². The van der Waals surface area contributed by atoms with Gasteiger partial charge in [-0.3, -0.25) is 0 Å². The first-order valence-corrected chi connectivity index (χ1v) is 4.11. The molecule has 1 N–H and O–H groups in total. The van der Waals surface area contributed by atoms with Gasteiger partial charge in [-0.05, 0) is 19.3 Å². The number of ether oxygens (including phenoxy) is 1. The molecule has 0 amide bonds. The van der Waals surface area contributed by atoms with Gasteiger partial charge in [-0.25, -0.2) is 0 Å². The molecule has 1 aliphatic rings. The standard InChI is InChI=1S/C8H17NO/c1-3-7(6-10-2)9-8-4-5-8/h7-9H,3-6H2,1-2H3. The minimum atomic E-state index is 0.581. The topological polar surface area (TPSA) is 21.3 Å². The molecule has 10 heavy (non-hydrogen) atoms. The van der Waals surface area contributed by atoms with Gasteiger partial charge in [0, 0.05) is 19.2 Å². The summed E-state index contributed by atoms with van der Waals surface area (Å²) in [6.45, 7) is 3.05. The fourth-order valence-electron chi connectivity index (χ4n) is 1.07. The lowest BCUT2D eigenvalue weighted by atomic mass is 10.2. The number of hydrogen-bond donors (Lipinski definition) is 1. The highest BCUT2D eigenvalue weighted by Crippen LogP contribution is 2.19. The summed E-state index contributed by atoms with van der Waals surface area (Å²) in [6, 6.07) is 1.39. The number of hydrogen-bond acceptors (Lipinski definition) is 2. The van der Waals surface area contributed by atoms with Gasteiger partial charge in [0.05, 0.1) is 6.61 Å². The van der Waals surface area contributed by atoms with Crippen LogP contribution in [0.4, 0.5) is 0 Å². The first kappa shape index (κ1) is 8.02. The van der Waals surface area contributed by atoms with Crippen LogP contribution in [-0.4, -0.2) is 25.8 Å². The lowest BCUT2D eigenvalue weighted by Crippen LogP contribution is -2.34. The third-order valence-corrected chi connectivity index (χ3v) is 1.91. The lowest BCUT2D eigenvalue weighted by Gasteiger charge is -2.14. The second-order valence-electron chi connectivity index (χ2n) is 3.00. The van der Waals surface area contributed by atoms with Crippen molar-refractivity contribution in [3.8, 4) is 0 Å². The van der Waals surface area contributed by atoms with Gasteiger partial charge < -0.3 is 10.1 Å². The average Bonchev–Trinajstić information content (AvgIpc) is 2.71. The molecule has 1 unspecified atom stereocenters. The normalized spacial score (nSPS) is 21.0. The van der Waals surface area contributed by atoms with Crippen molar-refractivity contribution in [1.82, 2.24) is 5.32 Å². The van der Waals surface area contributed by atoms with Gasteiger partial charge >= 0.3 is 0 Å². The molecule has 0 spiro atoms. The predicted octanol–water partition coefficient (Wildman–Crippen LogP) is 1.16. The Balaban J connectivity index is 2.05. The average molecular weight is 143 g/mol. The second-order valence-corrected chi connectivity index (χ2v) is 3.00. The fourth-order valence-corrected chi connectivity index (χ4v) is 1.07. The van der Waals surface area contributed by atoms with Gasteiger partial charge in [0.1, 0.15) is 0 Å². The largest absolute Gasteiger partial charge is 0.383 e. The van der Waals surface area contributed by atoms with Gasteiger partial charge in [-0.15, -0.1) is 0 Å². The predicted molar refractivity (Wildman–Crippen MR) is 42.1 cm³/mol. The monoisotopic (exact) mass is 143 g/mol. The van der Waals surface area contributed by atoms with Crippen LogP contribution in [0.25, 0.3) is 0 Å². The van der Waals surface area contributed by atoms with Gasteiger partial charge in [-0.1, -0.05) is 6.92 Å². The van der Waals surface area contributed by atoms with E-state index < -0.39 is 0 Å². The maximum absolute atomic E-state index is 5.06. The molecular formula is C8H17NO. The Kier molecular flexibility index (Phi) is 3.16. The van der Waals surface area contributed by atoms with Gasteiger partial charge in [0.15, 0.2) is 0 Å². The molecule has 1 aliphatic carbocycles. The molecule has 60 valence electrons. The summed E-state index contributed by atoms with van der Waals surface area (Å²) in [5.41, 5.74) is 0. The molecule has 0 aromatic rings. The Bertz CT molecular complexity index is 91.3. The molecular weight excluding hydrogens is 126 g/mol. The summed E-state index contributed by atoms with van der Waals surface area (Å²) < 4.78 is 5.06. The maximum Gasteiger partial charge on any atom is 0.0615 e. The molecule has 1 fully saturated rings. The third kappa shape index (κ3) is 2.67. The van der Waals surface area contributed by atoms with Crippen molar-refractivity contribution in [2.24, 2.45) is 0 Å². The van der Waals surface area contributed by atoms with Crippen molar-refractivity contribution < 1.29 is 4.74 Å². The molecule has 0 radical (unpaired) electrons. The summed E-state index contributed by atoms with van der Waals surface area (Å²) in [5, 5.41) is 3.52. The summed E-state index contributed by atoms with van der Waals surface area (Å²) in [6.07, 6.45) is 3.89. The van der Waals surface area contributed by atoms with E-state index in [1.165, 1.54) is 19.3 Å². The highest BCUT2D eigenvalue weighted by atomic mass is 16.5. The highest BCUT2D eigenvalue weighted by molar-refractivity contribution is 4.84. The van der Waals surface area contributed by atoms with Crippen LogP contribution in [-0.2, 0) is 4.74 Å². The zero-order valence-electron chi connectivity index (χ0n) is 6.89. The number of methoxy groups -OCH3 is 1. The molecule has 1 rings (SSSR count). The molecule has 0 aromatic carbocycles. The van der Waals surface area contributed by atoms with Crippen LogP contribution in [0.2, 0.25) is 0 Å². The van der Waals surface area contributed by atoms with Gasteiger partial charge in [-0.2, -0.15) is 0 Å². The van der Waals surface area contributed by atoms with E-state index in [4.69, 9.17) is 4.74 Å². The number of rotatable bonds is 5. The molecule has 2 heteroatoms. The smallest absolute Gasteiger partial charge is 0.0615 e. The Morgan fingerprint density at radius 3 is 2.70 bits per heavy atom. The van der Waals surface area contributed by atoms with E-state index in [9.17, 15) is 0 Å². The van der Waals surface area contributed by atoms with Crippen molar-refractivity contribution in [2.45, 2.75) is 38.3 Å². The minimum Gasteiger partial charge on any atom is -0.383 e. The van der Waals surface area contributed by atoms with Gasteiger partial charge in [0.25, 0.3) is 0 Å². The molecule has 1 saturated carbocycles. The van der Waals surface area contributed by atoms with Crippen LogP contribution < -0.4 is 5.32 Å². The van der Waals surface area contributed by atoms with Crippen molar-refractivity contribution in [3.63, 3.8) is 0 Å². The maximum atomic E-state index is 5.06. The van der Waals surface area contributed by atoms with E-state index in [2.05, 4.69) is 12.2 Å². The van der Waals surface area contributed by atoms with Crippen LogP contribution in [0.1, 0.15) is 26.2 Å². The van der Waals surface area contributed by atoms with E-state index in [1.807, 2.05) is 0 Å². The SMILES string of the molecule is CCC(COC)NC1CC1. The zero-order valence-corrected chi connectivity index (χ0v) is 6.89. The van der Waals surface area contributed by atoms with Crippen LogP contribution in [0.15, 0.2) is 0 Å². The van der Waals surface area contributed by atoms with Crippen molar-refractivity contribution in [1.29, 1.82) is 0 Å². The third-order valence-electron chi connectivity index (χ3n) is 1.91. The van der Waals surface area contributed by atoms with Crippen molar-refractivity contribution in [2.75, 3.05) is 13.7 Å². The van der Waals surface area contributed by atoms with Crippen LogP contribution >= 0.6 is 0 Å². The van der Waals surface area contributed by atoms with Crippen LogP contribution in [0.5, 0.6) is 0 Å². The highest BCUT2D eigenvalue weighted by Gasteiger charge is 2.23. The molecule has 2 nitrogen and oxygen atoms in total. The van der Waals surface area contributed by atoms with Crippen molar-refractivity contribution in [3.05, 3.63) is 0 Å². The molecule has 0 bridgehead atoms. The Morgan fingerprint density at radius 1 is 1.60 bits per heavy atom. The van der Waals surface area contributed by atoms with E-state index >= 15 is 0 Å². The molecule has 0 aromatic heterocycles.